The Labute approximate surface area is 257 Å². The molecule has 3 aromatic carbocycles. The lowest BCUT2D eigenvalue weighted by molar-refractivity contribution is -0.143. The lowest BCUT2D eigenvalue weighted by atomic mass is 9.59. The maximum atomic E-state index is 14.4. The second-order valence-electron chi connectivity index (χ2n) is 11.3. The quantitative estimate of drug-likeness (QED) is 0.326. The van der Waals surface area contributed by atoms with Crippen LogP contribution in [0, 0.1) is 6.92 Å². The highest BCUT2D eigenvalue weighted by atomic mass is 79.9. The van der Waals surface area contributed by atoms with E-state index in [0.29, 0.717) is 32.6 Å². The van der Waals surface area contributed by atoms with Crippen LogP contribution in [0.5, 0.6) is 5.75 Å². The number of amides is 3. The van der Waals surface area contributed by atoms with Crippen LogP contribution < -0.4 is 15.4 Å². The normalized spacial score (nSPS) is 21.8. The van der Waals surface area contributed by atoms with Crippen molar-refractivity contribution in [1.29, 1.82) is 0 Å². The fourth-order valence-electron chi connectivity index (χ4n) is 6.18. The molecule has 2 aliphatic heterocycles. The standard InChI is InChI=1S/C31H30BrCl2N3O4/c1-16-6-8-18(33)13-20(16)27-31(22-10-9-19(34)14-24(22)35-28(31)39)23(15-26(38)36-27)21-12-17(32)7-11-25(21)41-30(2,3)29(40)37(4)5/h6-14,23,27H,15H2,1-5H3,(H,35,39)(H,36,38)/t23-,27+,31-/m1/s1. The van der Waals surface area contributed by atoms with E-state index in [9.17, 15) is 14.4 Å². The van der Waals surface area contributed by atoms with Gasteiger partial charge in [0.25, 0.3) is 5.91 Å². The molecule has 0 aliphatic carbocycles. The van der Waals surface area contributed by atoms with Gasteiger partial charge in [-0.2, -0.15) is 0 Å². The van der Waals surface area contributed by atoms with Crippen molar-refractivity contribution in [3.63, 3.8) is 0 Å². The Bertz CT molecular complexity index is 1590. The Morgan fingerprint density at radius 3 is 2.41 bits per heavy atom. The third-order valence-electron chi connectivity index (χ3n) is 7.94. The second-order valence-corrected chi connectivity index (χ2v) is 13.1. The number of nitrogens with one attached hydrogen (secondary N) is 2. The summed E-state index contributed by atoms with van der Waals surface area (Å²) in [6, 6.07) is 15.4. The fraction of sp³-hybridized carbons (Fsp3) is 0.323. The van der Waals surface area contributed by atoms with E-state index in [1.807, 2.05) is 31.2 Å². The number of nitrogens with zero attached hydrogens (tertiary/aromatic N) is 1. The molecule has 3 atom stereocenters. The lowest BCUT2D eigenvalue weighted by Crippen LogP contribution is -2.57. The molecule has 0 bridgehead atoms. The molecule has 214 valence electrons. The minimum Gasteiger partial charge on any atom is -0.478 e. The van der Waals surface area contributed by atoms with Gasteiger partial charge in [0, 0.05) is 52.2 Å². The Kier molecular flexibility index (Phi) is 7.64. The van der Waals surface area contributed by atoms with Gasteiger partial charge in [0.15, 0.2) is 5.60 Å². The molecule has 2 aliphatic rings. The second kappa shape index (κ2) is 10.6. The molecule has 2 N–H and O–H groups in total. The van der Waals surface area contributed by atoms with Crippen LogP contribution in [0.2, 0.25) is 10.0 Å². The SMILES string of the molecule is Cc1ccc(Cl)cc1[C@@H]1NC(=O)C[C@H](c2cc(Br)ccc2OC(C)(C)C(=O)N(C)C)[C@@]12C(=O)Nc1cc(Cl)ccc12. The van der Waals surface area contributed by atoms with Crippen molar-refractivity contribution >= 4 is 62.5 Å². The summed E-state index contributed by atoms with van der Waals surface area (Å²) in [7, 11) is 3.33. The maximum Gasteiger partial charge on any atom is 0.265 e. The topological polar surface area (TPSA) is 87.7 Å². The van der Waals surface area contributed by atoms with Crippen LogP contribution in [0.25, 0.3) is 0 Å². The average Bonchev–Trinajstić information content (AvgIpc) is 3.18. The van der Waals surface area contributed by atoms with Gasteiger partial charge in [0.1, 0.15) is 11.2 Å². The van der Waals surface area contributed by atoms with Gasteiger partial charge in [-0.15, -0.1) is 0 Å². The zero-order valence-corrected chi connectivity index (χ0v) is 26.4. The van der Waals surface area contributed by atoms with Crippen molar-refractivity contribution in [2.45, 2.75) is 50.2 Å². The summed E-state index contributed by atoms with van der Waals surface area (Å²) in [6.45, 7) is 5.32. The van der Waals surface area contributed by atoms with E-state index in [4.69, 9.17) is 27.9 Å². The van der Waals surface area contributed by atoms with Crippen molar-refractivity contribution in [3.05, 3.63) is 91.4 Å². The van der Waals surface area contributed by atoms with E-state index < -0.39 is 23.0 Å². The van der Waals surface area contributed by atoms with E-state index in [-0.39, 0.29) is 24.1 Å². The van der Waals surface area contributed by atoms with Gasteiger partial charge in [-0.3, -0.25) is 14.4 Å². The van der Waals surface area contributed by atoms with Gasteiger partial charge >= 0.3 is 0 Å². The Morgan fingerprint density at radius 2 is 1.71 bits per heavy atom. The number of likely N-dealkylation sites (N-methyl/N-ethyl adjacent to an activating group) is 1. The van der Waals surface area contributed by atoms with Gasteiger partial charge in [-0.25, -0.2) is 0 Å². The molecule has 0 aromatic heterocycles. The lowest BCUT2D eigenvalue weighted by Gasteiger charge is -2.47. The molecule has 1 spiro atoms. The van der Waals surface area contributed by atoms with Crippen LogP contribution in [0.4, 0.5) is 5.69 Å². The maximum absolute atomic E-state index is 14.4. The van der Waals surface area contributed by atoms with Crippen molar-refractivity contribution in [3.8, 4) is 5.75 Å². The summed E-state index contributed by atoms with van der Waals surface area (Å²) >= 11 is 16.4. The van der Waals surface area contributed by atoms with E-state index >= 15 is 0 Å². The monoisotopic (exact) mass is 657 g/mol. The van der Waals surface area contributed by atoms with Gasteiger partial charge in [0.2, 0.25) is 11.8 Å². The Hall–Kier alpha value is -3.07. The van der Waals surface area contributed by atoms with Crippen molar-refractivity contribution in [2.75, 3.05) is 19.4 Å². The highest BCUT2D eigenvalue weighted by Crippen LogP contribution is 2.59. The third-order valence-corrected chi connectivity index (χ3v) is 8.90. The minimum atomic E-state index is -1.29. The first-order valence-corrected chi connectivity index (χ1v) is 14.7. The molecular formula is C31H30BrCl2N3O4. The molecule has 10 heteroatoms. The number of ether oxygens (including phenoxy) is 1. The molecule has 3 aromatic rings. The molecule has 0 radical (unpaired) electrons. The first-order valence-electron chi connectivity index (χ1n) is 13.1. The van der Waals surface area contributed by atoms with E-state index in [1.165, 1.54) is 4.90 Å². The molecule has 7 nitrogen and oxygen atoms in total. The number of carbonyl (C=O) groups excluding carboxylic acids is 3. The Morgan fingerprint density at radius 1 is 1.02 bits per heavy atom. The number of hydrogen-bond donors (Lipinski definition) is 2. The highest BCUT2D eigenvalue weighted by molar-refractivity contribution is 9.10. The molecule has 0 unspecified atom stereocenters. The van der Waals surface area contributed by atoms with E-state index in [2.05, 4.69) is 26.6 Å². The first-order chi connectivity index (χ1) is 19.2. The molecule has 2 heterocycles. The van der Waals surface area contributed by atoms with Crippen LogP contribution in [0.1, 0.15) is 54.5 Å². The van der Waals surface area contributed by atoms with Crippen LogP contribution >= 0.6 is 39.1 Å². The largest absolute Gasteiger partial charge is 0.478 e. The number of fused-ring (bicyclic) bond motifs is 2. The predicted molar refractivity (Wildman–Crippen MR) is 164 cm³/mol. The van der Waals surface area contributed by atoms with Gasteiger partial charge in [-0.05, 0) is 79.9 Å². The van der Waals surface area contributed by atoms with Gasteiger partial charge < -0.3 is 20.3 Å². The first kappa shape index (κ1) is 29.4. The zero-order valence-electron chi connectivity index (χ0n) is 23.3. The van der Waals surface area contributed by atoms with Crippen LogP contribution in [0.15, 0.2) is 59.1 Å². The summed E-state index contributed by atoms with van der Waals surface area (Å²) in [5.74, 6) is -1.01. The number of aryl methyl sites for hydroxylation is 1. The minimum absolute atomic E-state index is 0.000465. The number of halogens is 3. The van der Waals surface area contributed by atoms with Gasteiger partial charge in [-0.1, -0.05) is 51.3 Å². The zero-order chi connectivity index (χ0) is 29.9. The van der Waals surface area contributed by atoms with Crippen LogP contribution in [-0.2, 0) is 19.8 Å². The molecule has 0 saturated carbocycles. The molecular weight excluding hydrogens is 629 g/mol. The summed E-state index contributed by atoms with van der Waals surface area (Å²) in [5, 5.41) is 7.14. The molecule has 41 heavy (non-hydrogen) atoms. The third kappa shape index (κ3) is 5.00. The number of piperidine rings is 1. The number of anilines is 1. The summed E-state index contributed by atoms with van der Waals surface area (Å²) in [6.07, 6.45) is 0.000465. The number of rotatable bonds is 5. The van der Waals surface area contributed by atoms with E-state index in [0.717, 1.165) is 15.6 Å². The molecule has 1 saturated heterocycles. The highest BCUT2D eigenvalue weighted by Gasteiger charge is 2.62. The Balaban J connectivity index is 1.80. The number of carbonyl (C=O) groups is 3. The van der Waals surface area contributed by atoms with Crippen molar-refractivity contribution in [2.24, 2.45) is 0 Å². The van der Waals surface area contributed by atoms with Crippen LogP contribution in [0.3, 0.4) is 0 Å². The summed E-state index contributed by atoms with van der Waals surface area (Å²) in [5.41, 5.74) is 0.994. The molecule has 1 fully saturated rings. The van der Waals surface area contributed by atoms with E-state index in [1.54, 1.807) is 58.3 Å². The molecule has 5 rings (SSSR count). The number of benzene rings is 3. The average molecular weight is 659 g/mol. The summed E-state index contributed by atoms with van der Waals surface area (Å²) in [4.78, 5) is 42.4. The van der Waals surface area contributed by atoms with Gasteiger partial charge in [0.05, 0.1) is 6.04 Å². The molecule has 3 amide bonds. The van der Waals surface area contributed by atoms with Crippen molar-refractivity contribution in [1.82, 2.24) is 10.2 Å². The predicted octanol–water partition coefficient (Wildman–Crippen LogP) is 6.54. The smallest absolute Gasteiger partial charge is 0.265 e. The fourth-order valence-corrected chi connectivity index (χ4v) is 6.92. The van der Waals surface area contributed by atoms with Crippen LogP contribution in [-0.4, -0.2) is 42.3 Å². The summed E-state index contributed by atoms with van der Waals surface area (Å²) < 4.78 is 7.15. The number of hydrogen-bond acceptors (Lipinski definition) is 4. The van der Waals surface area contributed by atoms with Crippen molar-refractivity contribution < 1.29 is 19.1 Å².